The van der Waals surface area contributed by atoms with Gasteiger partial charge in [0.1, 0.15) is 6.61 Å². The van der Waals surface area contributed by atoms with Crippen LogP contribution in [0, 0.1) is 22.0 Å². The summed E-state index contributed by atoms with van der Waals surface area (Å²) >= 11 is 1.12. The van der Waals surface area contributed by atoms with Gasteiger partial charge < -0.3 is 15.0 Å². The van der Waals surface area contributed by atoms with E-state index in [0.717, 1.165) is 64.6 Å². The number of aliphatic imine (C=N–C) groups is 1. The number of thioether (sulfide) groups is 1. The highest BCUT2D eigenvalue weighted by Gasteiger charge is 2.32. The zero-order valence-corrected chi connectivity index (χ0v) is 19.4. The monoisotopic (exact) mass is 477 g/mol. The Morgan fingerprint density at radius 1 is 1.38 bits per heavy atom. The van der Waals surface area contributed by atoms with Crippen LogP contribution in [0.25, 0.3) is 10.9 Å². The summed E-state index contributed by atoms with van der Waals surface area (Å²) in [5.74, 6) is -0.481. The van der Waals surface area contributed by atoms with Crippen molar-refractivity contribution in [3.8, 4) is 5.75 Å². The van der Waals surface area contributed by atoms with Gasteiger partial charge in [0, 0.05) is 42.5 Å². The van der Waals surface area contributed by atoms with Crippen LogP contribution in [0.2, 0.25) is 0 Å². The first-order chi connectivity index (χ1) is 16.5. The molecule has 2 aliphatic heterocycles. The molecule has 2 aliphatic rings. The largest absolute Gasteiger partial charge is 0.488 e. The number of benzene rings is 1. The highest BCUT2D eigenvalue weighted by atomic mass is 32.2. The summed E-state index contributed by atoms with van der Waals surface area (Å²) in [5, 5.41) is 25.2. The normalized spacial score (nSPS) is 17.9. The summed E-state index contributed by atoms with van der Waals surface area (Å²) in [6, 6.07) is 7.29. The van der Waals surface area contributed by atoms with Gasteiger partial charge in [-0.2, -0.15) is 0 Å². The van der Waals surface area contributed by atoms with Gasteiger partial charge in [-0.25, -0.2) is 4.39 Å². The molecular weight excluding hydrogens is 453 g/mol. The minimum absolute atomic E-state index is 0.0273. The predicted molar refractivity (Wildman–Crippen MR) is 133 cm³/mol. The van der Waals surface area contributed by atoms with Crippen LogP contribution in [0.1, 0.15) is 24.3 Å². The molecule has 8 nitrogen and oxygen atoms in total. The molecule has 3 N–H and O–H groups in total. The molecule has 0 bridgehead atoms. The Labute approximate surface area is 200 Å². The van der Waals surface area contributed by atoms with Gasteiger partial charge in [0.25, 0.3) is 0 Å². The van der Waals surface area contributed by atoms with E-state index in [4.69, 9.17) is 21.0 Å². The minimum atomic E-state index is -0.760. The van der Waals surface area contributed by atoms with Crippen LogP contribution in [0.4, 0.5) is 10.1 Å². The zero-order chi connectivity index (χ0) is 23.8. The quantitative estimate of drug-likeness (QED) is 0.299. The van der Waals surface area contributed by atoms with Crippen molar-refractivity contribution in [2.24, 2.45) is 4.99 Å². The number of hydrogen-bond acceptors (Lipinski definition) is 8. The topological polar surface area (TPSA) is 114 Å². The van der Waals surface area contributed by atoms with Crippen LogP contribution >= 0.6 is 11.8 Å². The van der Waals surface area contributed by atoms with Gasteiger partial charge in [0.2, 0.25) is 0 Å². The molecule has 174 valence electrons. The second-order valence-corrected chi connectivity index (χ2v) is 9.36. The van der Waals surface area contributed by atoms with E-state index in [-0.39, 0.29) is 5.17 Å². The highest BCUT2D eigenvalue weighted by Crippen LogP contribution is 2.42. The molecule has 0 saturated carbocycles. The molecule has 1 aromatic carbocycles. The Morgan fingerprint density at radius 3 is 3.03 bits per heavy atom. The molecule has 2 atom stereocenters. The first-order valence-corrected chi connectivity index (χ1v) is 11.8. The molecule has 0 spiro atoms. The molecule has 2 aromatic heterocycles. The average molecular weight is 478 g/mol. The molecule has 0 radical (unpaired) electrons. The molecule has 5 rings (SSSR count). The number of aromatic nitrogens is 2. The summed E-state index contributed by atoms with van der Waals surface area (Å²) in [5.41, 5.74) is 1.85. The number of pyridine rings is 2. The number of ether oxygens (including phenoxy) is 1. The highest BCUT2D eigenvalue weighted by molar-refractivity contribution is 8.13. The maximum Gasteiger partial charge on any atom is 0.171 e. The number of nitrogens with zero attached hydrogens (tertiary/aromatic N) is 4. The molecule has 4 heterocycles. The van der Waals surface area contributed by atoms with Crippen LogP contribution in [0.5, 0.6) is 5.75 Å². The maximum atomic E-state index is 14.5. The second kappa shape index (κ2) is 9.02. The minimum Gasteiger partial charge on any atom is -0.488 e. The molecule has 10 heteroatoms. The summed E-state index contributed by atoms with van der Waals surface area (Å²) < 4.78 is 21.8. The first-order valence-electron chi connectivity index (χ1n) is 11.0. The van der Waals surface area contributed by atoms with E-state index in [0.29, 0.717) is 18.2 Å². The summed E-state index contributed by atoms with van der Waals surface area (Å²) in [6.07, 6.45) is 8.33. The van der Waals surface area contributed by atoms with E-state index in [2.05, 4.69) is 14.9 Å². The fourth-order valence-corrected chi connectivity index (χ4v) is 5.31. The SMILES string of the molecule is CN=CC(C=N)c1cc(F)c(=N)n(C(=N)Sc2ccc3ncc4c(c3c2)OCC2CCCN42)c1. The van der Waals surface area contributed by atoms with E-state index in [1.165, 1.54) is 23.0 Å². The third kappa shape index (κ3) is 3.87. The van der Waals surface area contributed by atoms with Gasteiger partial charge in [-0.3, -0.25) is 25.4 Å². The average Bonchev–Trinajstić information content (AvgIpc) is 3.33. The molecule has 1 saturated heterocycles. The lowest BCUT2D eigenvalue weighted by atomic mass is 10.0. The molecule has 1 fully saturated rings. The van der Waals surface area contributed by atoms with Gasteiger partial charge in [-0.05, 0) is 42.7 Å². The first kappa shape index (κ1) is 22.3. The van der Waals surface area contributed by atoms with Gasteiger partial charge >= 0.3 is 0 Å². The molecular formula is C24H24FN7OS. The van der Waals surface area contributed by atoms with Gasteiger partial charge in [0.15, 0.2) is 22.2 Å². The third-order valence-electron chi connectivity index (χ3n) is 6.22. The van der Waals surface area contributed by atoms with Crippen LogP contribution < -0.4 is 15.1 Å². The van der Waals surface area contributed by atoms with Crippen molar-refractivity contribution in [2.75, 3.05) is 25.1 Å². The van der Waals surface area contributed by atoms with Crippen LogP contribution in [0.15, 0.2) is 46.5 Å². The number of rotatable bonds is 4. The Morgan fingerprint density at radius 2 is 2.24 bits per heavy atom. The lowest BCUT2D eigenvalue weighted by Gasteiger charge is -2.33. The Kier molecular flexibility index (Phi) is 5.91. The van der Waals surface area contributed by atoms with Crippen LogP contribution in [-0.2, 0) is 0 Å². The summed E-state index contributed by atoms with van der Waals surface area (Å²) in [4.78, 5) is 11.7. The smallest absolute Gasteiger partial charge is 0.171 e. The van der Waals surface area contributed by atoms with E-state index < -0.39 is 17.2 Å². The van der Waals surface area contributed by atoms with Gasteiger partial charge in [0.05, 0.1) is 29.4 Å². The number of nitrogens with one attached hydrogen (secondary N) is 3. The molecule has 0 amide bonds. The van der Waals surface area contributed by atoms with E-state index >= 15 is 0 Å². The van der Waals surface area contributed by atoms with Crippen molar-refractivity contribution in [3.05, 3.63) is 53.5 Å². The lowest BCUT2D eigenvalue weighted by Crippen LogP contribution is -2.38. The van der Waals surface area contributed by atoms with Crippen molar-refractivity contribution in [1.29, 1.82) is 16.2 Å². The lowest BCUT2D eigenvalue weighted by molar-refractivity contribution is 0.275. The van der Waals surface area contributed by atoms with Crippen LogP contribution in [0.3, 0.4) is 0 Å². The summed E-state index contributed by atoms with van der Waals surface area (Å²) in [7, 11) is 1.58. The Balaban J connectivity index is 1.49. The number of anilines is 1. The van der Waals surface area contributed by atoms with Crippen molar-refractivity contribution in [2.45, 2.75) is 29.7 Å². The number of hydrogen-bond donors (Lipinski definition) is 3. The number of halogens is 1. The van der Waals surface area contributed by atoms with Crippen molar-refractivity contribution in [1.82, 2.24) is 9.55 Å². The van der Waals surface area contributed by atoms with Crippen molar-refractivity contribution < 1.29 is 9.13 Å². The third-order valence-corrected chi connectivity index (χ3v) is 7.10. The van der Waals surface area contributed by atoms with E-state index in [1.54, 1.807) is 7.05 Å². The van der Waals surface area contributed by atoms with Crippen molar-refractivity contribution in [3.63, 3.8) is 0 Å². The van der Waals surface area contributed by atoms with E-state index in [9.17, 15) is 4.39 Å². The second-order valence-electron chi connectivity index (χ2n) is 8.30. The van der Waals surface area contributed by atoms with E-state index in [1.807, 2.05) is 24.4 Å². The molecule has 34 heavy (non-hydrogen) atoms. The Hall–Kier alpha value is -3.53. The maximum absolute atomic E-state index is 14.5. The number of fused-ring (bicyclic) bond motifs is 5. The fourth-order valence-electron chi connectivity index (χ4n) is 4.53. The fraction of sp³-hybridized carbons (Fsp3) is 0.292. The summed E-state index contributed by atoms with van der Waals surface area (Å²) in [6.45, 7) is 1.65. The standard InChI is InChI=1S/C24H24FN7OS/c1-29-10-15(9-26)14-7-19(25)23(27)32(12-14)24(28)34-17-4-5-20-18(8-17)22-21(11-30-20)31-6-2-3-16(31)13-33-22/h4-5,7-12,15-16,26-28H,2-3,6,13H2,1H3. The molecule has 0 aliphatic carbocycles. The van der Waals surface area contributed by atoms with Crippen molar-refractivity contribution >= 4 is 45.9 Å². The predicted octanol–water partition coefficient (Wildman–Crippen LogP) is 4.03. The van der Waals surface area contributed by atoms with Gasteiger partial charge in [-0.1, -0.05) is 11.8 Å². The van der Waals surface area contributed by atoms with Crippen LogP contribution in [-0.4, -0.2) is 53.4 Å². The Bertz CT molecular complexity index is 1390. The van der Waals surface area contributed by atoms with Gasteiger partial charge in [-0.15, -0.1) is 0 Å². The molecule has 2 unspecified atom stereocenters. The molecule has 3 aromatic rings. The zero-order valence-electron chi connectivity index (χ0n) is 18.6.